The molecule has 0 aromatic heterocycles. The van der Waals surface area contributed by atoms with E-state index in [9.17, 15) is 5.26 Å². The minimum absolute atomic E-state index is 0.285. The minimum Gasteiger partial charge on any atom is -0.396 e. The number of thioether (sulfide) groups is 1. The van der Waals surface area contributed by atoms with Gasteiger partial charge >= 0.3 is 0 Å². The van der Waals surface area contributed by atoms with Crippen LogP contribution in [0.15, 0.2) is 0 Å². The van der Waals surface area contributed by atoms with Crippen LogP contribution in [0.4, 0.5) is 0 Å². The normalized spacial score (nSPS) is 27.6. The number of rotatable bonds is 8. The number of nitrogens with zero attached hydrogens (tertiary/aromatic N) is 1. The molecule has 1 rings (SSSR count). The summed E-state index contributed by atoms with van der Waals surface area (Å²) in [5, 5.41) is 21.8. The number of aliphatic hydroxyl groups is 1. The maximum absolute atomic E-state index is 9.52. The summed E-state index contributed by atoms with van der Waals surface area (Å²) in [7, 11) is 0. The number of aliphatic hydroxyl groups excluding tert-OH is 1. The Morgan fingerprint density at radius 1 is 1.50 bits per heavy atom. The van der Waals surface area contributed by atoms with Gasteiger partial charge in [-0.25, -0.2) is 0 Å². The molecule has 4 heteroatoms. The molecule has 2 unspecified atom stereocenters. The van der Waals surface area contributed by atoms with Crippen LogP contribution < -0.4 is 5.32 Å². The zero-order valence-corrected chi connectivity index (χ0v) is 12.4. The minimum atomic E-state index is -0.286. The summed E-state index contributed by atoms with van der Waals surface area (Å²) in [6, 6.07) is 2.92. The van der Waals surface area contributed by atoms with Crippen molar-refractivity contribution >= 4 is 11.8 Å². The molecule has 0 amide bonds. The van der Waals surface area contributed by atoms with E-state index < -0.39 is 0 Å². The Morgan fingerprint density at radius 2 is 2.28 bits per heavy atom. The lowest BCUT2D eigenvalue weighted by molar-refractivity contribution is 0.289. The molecular weight excluding hydrogens is 244 g/mol. The maximum atomic E-state index is 9.52. The van der Waals surface area contributed by atoms with Crippen LogP contribution in [-0.2, 0) is 0 Å². The molecule has 0 aromatic rings. The SMILES string of the molecule is CC(C)NC1(C#N)CCCC1CCSCCCO. The Balaban J connectivity index is 2.40. The predicted octanol–water partition coefficient (Wildman–Crippen LogP) is 2.55. The van der Waals surface area contributed by atoms with Gasteiger partial charge in [0.15, 0.2) is 0 Å². The summed E-state index contributed by atoms with van der Waals surface area (Å²) in [4.78, 5) is 0. The first-order valence-corrected chi connectivity index (χ1v) is 8.17. The summed E-state index contributed by atoms with van der Waals surface area (Å²) < 4.78 is 0. The van der Waals surface area contributed by atoms with Crippen molar-refractivity contribution in [2.45, 2.75) is 57.5 Å². The highest BCUT2D eigenvalue weighted by Gasteiger charge is 2.42. The number of hydrogen-bond donors (Lipinski definition) is 2. The van der Waals surface area contributed by atoms with Crippen molar-refractivity contribution in [2.75, 3.05) is 18.1 Å². The van der Waals surface area contributed by atoms with E-state index >= 15 is 0 Å². The quantitative estimate of drug-likeness (QED) is 0.666. The van der Waals surface area contributed by atoms with E-state index in [0.717, 1.165) is 30.8 Å². The van der Waals surface area contributed by atoms with E-state index in [-0.39, 0.29) is 12.1 Å². The summed E-state index contributed by atoms with van der Waals surface area (Å²) in [5.74, 6) is 2.63. The van der Waals surface area contributed by atoms with E-state index in [2.05, 4.69) is 25.2 Å². The fourth-order valence-corrected chi connectivity index (χ4v) is 3.84. The van der Waals surface area contributed by atoms with Crippen molar-refractivity contribution in [3.8, 4) is 6.07 Å². The molecule has 0 radical (unpaired) electrons. The molecule has 0 bridgehead atoms. The number of nitrogens with one attached hydrogen (secondary N) is 1. The molecule has 0 heterocycles. The van der Waals surface area contributed by atoms with Crippen LogP contribution in [0.2, 0.25) is 0 Å². The van der Waals surface area contributed by atoms with E-state index in [0.29, 0.717) is 12.0 Å². The van der Waals surface area contributed by atoms with Crippen molar-refractivity contribution in [2.24, 2.45) is 5.92 Å². The van der Waals surface area contributed by atoms with Crippen molar-refractivity contribution in [1.82, 2.24) is 5.32 Å². The molecule has 1 saturated carbocycles. The highest BCUT2D eigenvalue weighted by molar-refractivity contribution is 7.99. The van der Waals surface area contributed by atoms with Gasteiger partial charge in [-0.05, 0) is 57.0 Å². The molecular formula is C14H26N2OS. The summed E-state index contributed by atoms with van der Waals surface area (Å²) >= 11 is 1.90. The highest BCUT2D eigenvalue weighted by atomic mass is 32.2. The molecule has 0 aromatic carbocycles. The van der Waals surface area contributed by atoms with Crippen LogP contribution >= 0.6 is 11.8 Å². The lowest BCUT2D eigenvalue weighted by Gasteiger charge is -2.32. The smallest absolute Gasteiger partial charge is 0.109 e. The van der Waals surface area contributed by atoms with Gasteiger partial charge < -0.3 is 5.11 Å². The molecule has 0 spiro atoms. The third-order valence-corrected chi connectivity index (χ3v) is 4.73. The molecule has 104 valence electrons. The average Bonchev–Trinajstić information content (AvgIpc) is 2.72. The Bertz CT molecular complexity index is 277. The van der Waals surface area contributed by atoms with Crippen molar-refractivity contribution < 1.29 is 5.11 Å². The van der Waals surface area contributed by atoms with Gasteiger partial charge in [-0.2, -0.15) is 17.0 Å². The van der Waals surface area contributed by atoms with Crippen LogP contribution in [0.5, 0.6) is 0 Å². The van der Waals surface area contributed by atoms with Crippen molar-refractivity contribution in [3.05, 3.63) is 0 Å². The van der Waals surface area contributed by atoms with Gasteiger partial charge in [0.2, 0.25) is 0 Å². The molecule has 1 aliphatic rings. The third-order valence-electron chi connectivity index (χ3n) is 3.62. The van der Waals surface area contributed by atoms with Crippen LogP contribution in [0, 0.1) is 17.2 Å². The van der Waals surface area contributed by atoms with E-state index in [1.54, 1.807) is 0 Å². The fraction of sp³-hybridized carbons (Fsp3) is 0.929. The Kier molecular flexibility index (Phi) is 7.06. The van der Waals surface area contributed by atoms with E-state index in [1.807, 2.05) is 11.8 Å². The molecule has 0 aliphatic heterocycles. The Hall–Kier alpha value is -0.240. The summed E-state index contributed by atoms with van der Waals surface area (Å²) in [6.45, 7) is 4.52. The third kappa shape index (κ3) is 4.46. The number of nitriles is 1. The van der Waals surface area contributed by atoms with E-state index in [4.69, 9.17) is 5.11 Å². The van der Waals surface area contributed by atoms with Crippen LogP contribution in [0.1, 0.15) is 46.0 Å². The summed E-state index contributed by atoms with van der Waals surface area (Å²) in [5.41, 5.74) is -0.286. The maximum Gasteiger partial charge on any atom is 0.109 e. The second-order valence-corrected chi connectivity index (χ2v) is 6.67. The van der Waals surface area contributed by atoms with Crippen LogP contribution in [-0.4, -0.2) is 34.8 Å². The predicted molar refractivity (Wildman–Crippen MR) is 77.6 cm³/mol. The lowest BCUT2D eigenvalue weighted by atomic mass is 9.86. The molecule has 2 N–H and O–H groups in total. The van der Waals surface area contributed by atoms with Crippen LogP contribution in [0.25, 0.3) is 0 Å². The first kappa shape index (κ1) is 15.8. The monoisotopic (exact) mass is 270 g/mol. The molecule has 3 nitrogen and oxygen atoms in total. The van der Waals surface area contributed by atoms with E-state index in [1.165, 1.54) is 12.8 Å². The Labute approximate surface area is 115 Å². The summed E-state index contributed by atoms with van der Waals surface area (Å²) in [6.07, 6.45) is 5.33. The molecule has 0 saturated heterocycles. The first-order chi connectivity index (χ1) is 8.64. The van der Waals surface area contributed by atoms with Gasteiger partial charge in [-0.15, -0.1) is 0 Å². The van der Waals surface area contributed by atoms with Gasteiger partial charge in [-0.3, -0.25) is 5.32 Å². The zero-order valence-electron chi connectivity index (χ0n) is 11.6. The molecule has 1 fully saturated rings. The highest BCUT2D eigenvalue weighted by Crippen LogP contribution is 2.38. The van der Waals surface area contributed by atoms with Crippen molar-refractivity contribution in [1.29, 1.82) is 5.26 Å². The fourth-order valence-electron chi connectivity index (χ4n) is 2.85. The van der Waals surface area contributed by atoms with Crippen LogP contribution in [0.3, 0.4) is 0 Å². The van der Waals surface area contributed by atoms with Gasteiger partial charge in [0, 0.05) is 12.6 Å². The largest absolute Gasteiger partial charge is 0.396 e. The Morgan fingerprint density at radius 3 is 2.89 bits per heavy atom. The van der Waals surface area contributed by atoms with Gasteiger partial charge in [0.05, 0.1) is 6.07 Å². The van der Waals surface area contributed by atoms with Crippen molar-refractivity contribution in [3.63, 3.8) is 0 Å². The average molecular weight is 270 g/mol. The second kappa shape index (κ2) is 8.04. The van der Waals surface area contributed by atoms with Gasteiger partial charge in [-0.1, -0.05) is 6.42 Å². The van der Waals surface area contributed by atoms with Gasteiger partial charge in [0.1, 0.15) is 5.54 Å². The zero-order chi connectivity index (χ0) is 13.4. The number of hydrogen-bond acceptors (Lipinski definition) is 4. The topological polar surface area (TPSA) is 56.0 Å². The molecule has 1 aliphatic carbocycles. The molecule has 2 atom stereocenters. The standard InChI is InChI=1S/C14H26N2OS/c1-12(2)16-14(11-15)7-3-5-13(14)6-10-18-9-4-8-17/h12-13,16-17H,3-10H2,1-2H3. The lowest BCUT2D eigenvalue weighted by Crippen LogP contribution is -2.50. The molecule has 18 heavy (non-hydrogen) atoms. The van der Waals surface area contributed by atoms with Gasteiger partial charge in [0.25, 0.3) is 0 Å². The second-order valence-electron chi connectivity index (χ2n) is 5.45. The first-order valence-electron chi connectivity index (χ1n) is 7.02.